The summed E-state index contributed by atoms with van der Waals surface area (Å²) >= 11 is 0. The summed E-state index contributed by atoms with van der Waals surface area (Å²) in [4.78, 5) is 0. The topological polar surface area (TPSA) is 18.5 Å². The van der Waals surface area contributed by atoms with E-state index in [0.29, 0.717) is 10.8 Å². The second kappa shape index (κ2) is 26.2. The lowest BCUT2D eigenvalue weighted by atomic mass is 9.89. The summed E-state index contributed by atoms with van der Waals surface area (Å²) in [7, 11) is 0. The summed E-state index contributed by atoms with van der Waals surface area (Å²) in [6.45, 7) is 23.0. The van der Waals surface area contributed by atoms with Crippen LogP contribution in [0.3, 0.4) is 0 Å². The maximum atomic E-state index is 6.78. The fraction of sp³-hybridized carbons (Fsp3) is 1.00. The molecule has 2 nitrogen and oxygen atoms in total. The van der Waals surface area contributed by atoms with Crippen LogP contribution in [0.1, 0.15) is 223 Å². The maximum absolute atomic E-state index is 6.78. The van der Waals surface area contributed by atoms with Gasteiger partial charge < -0.3 is 9.47 Å². The highest BCUT2D eigenvalue weighted by Gasteiger charge is 2.31. The van der Waals surface area contributed by atoms with E-state index in [0.717, 1.165) is 32.0 Å². The number of hydrogen-bond acceptors (Lipinski definition) is 2. The summed E-state index contributed by atoms with van der Waals surface area (Å²) in [5.74, 6) is 0.469. The molecule has 0 N–H and O–H groups in total. The Kier molecular flexibility index (Phi) is 26.1. The van der Waals surface area contributed by atoms with E-state index < -0.39 is 0 Å². The molecule has 0 aliphatic carbocycles. The third-order valence-electron chi connectivity index (χ3n) is 9.07. The molecule has 0 heterocycles. The van der Waals surface area contributed by atoms with Gasteiger partial charge in [0.05, 0.1) is 13.2 Å². The number of ether oxygens (including phenoxy) is 2. The Labute approximate surface area is 267 Å². The van der Waals surface area contributed by atoms with Gasteiger partial charge in [-0.25, -0.2) is 0 Å². The normalized spacial score (nSPS) is 13.6. The van der Waals surface area contributed by atoms with Gasteiger partial charge >= 0.3 is 0 Å². The molecule has 0 aromatic rings. The minimum absolute atomic E-state index is 0.346. The second-order valence-electron chi connectivity index (χ2n) is 16.4. The van der Waals surface area contributed by atoms with Crippen molar-refractivity contribution < 1.29 is 9.47 Å². The monoisotopic (exact) mass is 595 g/mol. The van der Waals surface area contributed by atoms with Crippen LogP contribution in [0.2, 0.25) is 0 Å². The zero-order valence-electron chi connectivity index (χ0n) is 31.0. The predicted molar refractivity (Wildman–Crippen MR) is 189 cm³/mol. The third-order valence-corrected chi connectivity index (χ3v) is 9.07. The Bertz CT molecular complexity index is 521. The molecule has 0 radical (unpaired) electrons. The van der Waals surface area contributed by atoms with Crippen molar-refractivity contribution in [1.29, 1.82) is 0 Å². The molecule has 254 valence electrons. The van der Waals surface area contributed by atoms with E-state index in [9.17, 15) is 0 Å². The lowest BCUT2D eigenvalue weighted by Crippen LogP contribution is -2.37. The first-order valence-electron chi connectivity index (χ1n) is 19.2. The van der Waals surface area contributed by atoms with Crippen LogP contribution >= 0.6 is 0 Å². The van der Waals surface area contributed by atoms with Gasteiger partial charge in [0.25, 0.3) is 0 Å². The molecule has 2 heteroatoms. The van der Waals surface area contributed by atoms with Gasteiger partial charge in [0.1, 0.15) is 0 Å². The van der Waals surface area contributed by atoms with Crippen LogP contribution in [-0.2, 0) is 9.47 Å². The predicted octanol–water partition coefficient (Wildman–Crippen LogP) is 14.2. The van der Waals surface area contributed by atoms with Gasteiger partial charge in [-0.2, -0.15) is 0 Å². The molecule has 1 unspecified atom stereocenters. The van der Waals surface area contributed by atoms with E-state index in [1.807, 2.05) is 0 Å². The van der Waals surface area contributed by atoms with Crippen molar-refractivity contribution in [1.82, 2.24) is 0 Å². The van der Waals surface area contributed by atoms with Crippen molar-refractivity contribution in [2.75, 3.05) is 13.2 Å². The molecule has 0 fully saturated rings. The Morgan fingerprint density at radius 1 is 0.405 bits per heavy atom. The van der Waals surface area contributed by atoms with Crippen molar-refractivity contribution in [2.24, 2.45) is 16.7 Å². The van der Waals surface area contributed by atoms with Gasteiger partial charge in [-0.1, -0.05) is 171 Å². The highest BCUT2D eigenvalue weighted by atomic mass is 16.7. The van der Waals surface area contributed by atoms with Crippen LogP contribution in [0.5, 0.6) is 0 Å². The van der Waals surface area contributed by atoms with E-state index in [2.05, 4.69) is 62.3 Å². The van der Waals surface area contributed by atoms with Crippen LogP contribution in [0.4, 0.5) is 0 Å². The van der Waals surface area contributed by atoms with E-state index in [1.165, 1.54) is 148 Å². The van der Waals surface area contributed by atoms with Crippen LogP contribution in [0.25, 0.3) is 0 Å². The van der Waals surface area contributed by atoms with E-state index >= 15 is 0 Å². The van der Waals surface area contributed by atoms with Crippen molar-refractivity contribution in [3.05, 3.63) is 0 Å². The van der Waals surface area contributed by atoms with Crippen molar-refractivity contribution in [2.45, 2.75) is 229 Å². The first-order chi connectivity index (χ1) is 19.9. The molecular formula is C40H82O2. The molecule has 0 saturated heterocycles. The number of hydrogen-bond donors (Lipinski definition) is 0. The molecular weight excluding hydrogens is 512 g/mol. The number of rotatable bonds is 30. The molecule has 0 aliphatic heterocycles. The van der Waals surface area contributed by atoms with Crippen LogP contribution in [0.15, 0.2) is 0 Å². The molecule has 0 spiro atoms. The Morgan fingerprint density at radius 2 is 0.786 bits per heavy atom. The zero-order chi connectivity index (χ0) is 31.6. The van der Waals surface area contributed by atoms with Gasteiger partial charge in [-0.05, 0) is 55.3 Å². The SMILES string of the molecule is CCCCCC(CCCC(C)CCC)(OCCCCCCCCCC(C)(C)C)OCCCCCCCCCC(C)(C)C. The van der Waals surface area contributed by atoms with E-state index in [-0.39, 0.29) is 5.79 Å². The molecule has 0 saturated carbocycles. The first-order valence-corrected chi connectivity index (χ1v) is 19.2. The van der Waals surface area contributed by atoms with Crippen LogP contribution < -0.4 is 0 Å². The van der Waals surface area contributed by atoms with Crippen molar-refractivity contribution >= 4 is 0 Å². The molecule has 0 aromatic carbocycles. The highest BCUT2D eigenvalue weighted by molar-refractivity contribution is 4.73. The molecule has 0 rings (SSSR count). The lowest BCUT2D eigenvalue weighted by molar-refractivity contribution is -0.247. The minimum Gasteiger partial charge on any atom is -0.350 e. The maximum Gasteiger partial charge on any atom is 0.168 e. The summed E-state index contributed by atoms with van der Waals surface area (Å²) in [6.07, 6.45) is 32.6. The summed E-state index contributed by atoms with van der Waals surface area (Å²) < 4.78 is 13.6. The Balaban J connectivity index is 4.61. The average Bonchev–Trinajstić information content (AvgIpc) is 2.90. The van der Waals surface area contributed by atoms with Crippen molar-refractivity contribution in [3.63, 3.8) is 0 Å². The highest BCUT2D eigenvalue weighted by Crippen LogP contribution is 2.31. The fourth-order valence-corrected chi connectivity index (χ4v) is 6.26. The van der Waals surface area contributed by atoms with Gasteiger partial charge in [0, 0.05) is 12.8 Å². The van der Waals surface area contributed by atoms with Crippen LogP contribution in [0, 0.1) is 16.7 Å². The summed E-state index contributed by atoms with van der Waals surface area (Å²) in [6, 6.07) is 0. The molecule has 0 aromatic heterocycles. The van der Waals surface area contributed by atoms with Gasteiger partial charge in [-0.3, -0.25) is 0 Å². The molecule has 0 aliphatic rings. The lowest BCUT2D eigenvalue weighted by Gasteiger charge is -2.35. The Morgan fingerprint density at radius 3 is 1.19 bits per heavy atom. The minimum atomic E-state index is -0.346. The van der Waals surface area contributed by atoms with Gasteiger partial charge in [0.2, 0.25) is 0 Å². The van der Waals surface area contributed by atoms with Gasteiger partial charge in [0.15, 0.2) is 5.79 Å². The first kappa shape index (κ1) is 41.9. The van der Waals surface area contributed by atoms with Crippen LogP contribution in [-0.4, -0.2) is 19.0 Å². The Hall–Kier alpha value is -0.0800. The van der Waals surface area contributed by atoms with Crippen molar-refractivity contribution in [3.8, 4) is 0 Å². The zero-order valence-corrected chi connectivity index (χ0v) is 31.0. The standard InChI is InChI=1S/C40H82O2/c1-10-12-23-33-40(34-28-30-37(3)29-11-2,41-35-26-21-17-13-15-19-24-31-38(4,5)6)42-36-27-22-18-14-16-20-25-32-39(7,8)9/h37H,10-36H2,1-9H3. The smallest absolute Gasteiger partial charge is 0.168 e. The quantitative estimate of drug-likeness (QED) is 0.0608. The third kappa shape index (κ3) is 28.7. The molecule has 0 amide bonds. The largest absolute Gasteiger partial charge is 0.350 e. The molecule has 1 atom stereocenters. The summed E-state index contributed by atoms with van der Waals surface area (Å²) in [5, 5.41) is 0. The second-order valence-corrected chi connectivity index (χ2v) is 16.4. The van der Waals surface area contributed by atoms with Gasteiger partial charge in [-0.15, -0.1) is 0 Å². The summed E-state index contributed by atoms with van der Waals surface area (Å²) in [5.41, 5.74) is 0.978. The average molecular weight is 595 g/mol. The van der Waals surface area contributed by atoms with E-state index in [1.54, 1.807) is 0 Å². The number of unbranched alkanes of at least 4 members (excludes halogenated alkanes) is 14. The molecule has 42 heavy (non-hydrogen) atoms. The fourth-order valence-electron chi connectivity index (χ4n) is 6.26. The van der Waals surface area contributed by atoms with E-state index in [4.69, 9.17) is 9.47 Å². The molecule has 0 bridgehead atoms.